The Kier molecular flexibility index (Phi) is 3.46. The van der Waals surface area contributed by atoms with Gasteiger partial charge >= 0.3 is 5.97 Å². The van der Waals surface area contributed by atoms with E-state index in [0.717, 1.165) is 23.1 Å². The van der Waals surface area contributed by atoms with E-state index in [-0.39, 0.29) is 6.42 Å². The Morgan fingerprint density at radius 1 is 1.47 bits per heavy atom. The Morgan fingerprint density at radius 2 is 2.13 bits per heavy atom. The quantitative estimate of drug-likeness (QED) is 0.817. The summed E-state index contributed by atoms with van der Waals surface area (Å²) in [5.41, 5.74) is 3.22. The second kappa shape index (κ2) is 4.61. The van der Waals surface area contributed by atoms with Crippen LogP contribution in [0.15, 0.2) is 12.1 Å². The zero-order valence-electron chi connectivity index (χ0n) is 8.87. The van der Waals surface area contributed by atoms with Gasteiger partial charge in [-0.05, 0) is 36.1 Å². The number of carbonyl (C=O) groups is 1. The minimum atomic E-state index is -0.869. The highest BCUT2D eigenvalue weighted by Gasteiger charge is 2.08. The number of benzene rings is 1. The number of carboxylic acid groups (broad SMARTS) is 1. The number of hydrogen-bond donors (Lipinski definition) is 1. The normalized spacial score (nSPS) is 9.67. The van der Waals surface area contributed by atoms with Crippen molar-refractivity contribution in [3.8, 4) is 6.07 Å². The number of rotatable bonds is 3. The summed E-state index contributed by atoms with van der Waals surface area (Å²) in [5, 5.41) is 17.6. The van der Waals surface area contributed by atoms with Crippen molar-refractivity contribution in [2.24, 2.45) is 0 Å². The average Bonchev–Trinajstić information content (AvgIpc) is 2.19. The Balaban J connectivity index is 3.21. The van der Waals surface area contributed by atoms with Crippen LogP contribution in [-0.4, -0.2) is 11.1 Å². The molecule has 0 amide bonds. The van der Waals surface area contributed by atoms with E-state index in [9.17, 15) is 4.79 Å². The first-order valence-corrected chi connectivity index (χ1v) is 4.82. The molecular formula is C12H13NO2. The molecule has 0 saturated carbocycles. The van der Waals surface area contributed by atoms with Crippen molar-refractivity contribution in [3.63, 3.8) is 0 Å². The van der Waals surface area contributed by atoms with E-state index in [1.54, 1.807) is 6.07 Å². The molecule has 3 nitrogen and oxygen atoms in total. The van der Waals surface area contributed by atoms with Gasteiger partial charge in [0.2, 0.25) is 0 Å². The average molecular weight is 203 g/mol. The molecule has 0 aromatic heterocycles. The summed E-state index contributed by atoms with van der Waals surface area (Å²) in [4.78, 5) is 10.6. The smallest absolute Gasteiger partial charge is 0.307 e. The Bertz CT molecular complexity index is 430. The van der Waals surface area contributed by atoms with Gasteiger partial charge in [0.25, 0.3) is 0 Å². The molecule has 78 valence electrons. The Morgan fingerprint density at radius 3 is 2.60 bits per heavy atom. The van der Waals surface area contributed by atoms with Gasteiger partial charge in [-0.2, -0.15) is 5.26 Å². The lowest BCUT2D eigenvalue weighted by atomic mass is 9.96. The van der Waals surface area contributed by atoms with Gasteiger partial charge in [0.05, 0.1) is 18.1 Å². The maximum atomic E-state index is 10.6. The first kappa shape index (κ1) is 11.3. The summed E-state index contributed by atoms with van der Waals surface area (Å²) < 4.78 is 0. The monoisotopic (exact) mass is 203 g/mol. The Labute approximate surface area is 89.0 Å². The fourth-order valence-electron chi connectivity index (χ4n) is 1.56. The van der Waals surface area contributed by atoms with E-state index in [2.05, 4.69) is 6.07 Å². The molecule has 1 aromatic rings. The van der Waals surface area contributed by atoms with Crippen LogP contribution in [0.5, 0.6) is 0 Å². The second-order valence-electron chi connectivity index (χ2n) is 3.47. The highest BCUT2D eigenvalue weighted by atomic mass is 16.4. The van der Waals surface area contributed by atoms with Gasteiger partial charge in [-0.25, -0.2) is 0 Å². The zero-order chi connectivity index (χ0) is 11.4. The highest BCUT2D eigenvalue weighted by molar-refractivity contribution is 5.71. The van der Waals surface area contributed by atoms with Gasteiger partial charge in [-0.1, -0.05) is 13.0 Å². The standard InChI is InChI=1S/C12H13NO2/c1-3-9-4-8(2)10(6-12(14)15)5-11(9)7-13/h4-5H,3,6H2,1-2H3,(H,14,15). The van der Waals surface area contributed by atoms with Crippen molar-refractivity contribution in [1.29, 1.82) is 5.26 Å². The molecule has 1 rings (SSSR count). The molecule has 0 aliphatic carbocycles. The molecule has 1 aromatic carbocycles. The van der Waals surface area contributed by atoms with Crippen molar-refractivity contribution in [2.75, 3.05) is 0 Å². The lowest BCUT2D eigenvalue weighted by molar-refractivity contribution is -0.136. The predicted octanol–water partition coefficient (Wildman–Crippen LogP) is 2.06. The maximum absolute atomic E-state index is 10.6. The van der Waals surface area contributed by atoms with Crippen molar-refractivity contribution < 1.29 is 9.90 Å². The van der Waals surface area contributed by atoms with Crippen molar-refractivity contribution in [3.05, 3.63) is 34.4 Å². The van der Waals surface area contributed by atoms with E-state index in [0.29, 0.717) is 5.56 Å². The zero-order valence-corrected chi connectivity index (χ0v) is 8.87. The van der Waals surface area contributed by atoms with E-state index < -0.39 is 5.97 Å². The molecule has 0 fully saturated rings. The van der Waals surface area contributed by atoms with Crippen LogP contribution in [0.2, 0.25) is 0 Å². The molecule has 0 saturated heterocycles. The third-order valence-corrected chi connectivity index (χ3v) is 2.40. The number of aryl methyl sites for hydroxylation is 2. The van der Waals surface area contributed by atoms with Crippen LogP contribution in [-0.2, 0) is 17.6 Å². The van der Waals surface area contributed by atoms with Gasteiger partial charge in [0, 0.05) is 0 Å². The van der Waals surface area contributed by atoms with Crippen LogP contribution in [0.4, 0.5) is 0 Å². The largest absolute Gasteiger partial charge is 0.481 e. The molecule has 0 radical (unpaired) electrons. The van der Waals surface area contributed by atoms with Crippen molar-refractivity contribution in [1.82, 2.24) is 0 Å². The molecular weight excluding hydrogens is 190 g/mol. The molecule has 3 heteroatoms. The molecule has 0 aliphatic rings. The van der Waals surface area contributed by atoms with Gasteiger partial charge < -0.3 is 5.11 Å². The molecule has 1 N–H and O–H groups in total. The summed E-state index contributed by atoms with van der Waals surface area (Å²) in [5.74, 6) is -0.869. The summed E-state index contributed by atoms with van der Waals surface area (Å²) in [7, 11) is 0. The third kappa shape index (κ3) is 2.57. The van der Waals surface area contributed by atoms with E-state index >= 15 is 0 Å². The maximum Gasteiger partial charge on any atom is 0.307 e. The van der Waals surface area contributed by atoms with Gasteiger partial charge in [-0.15, -0.1) is 0 Å². The molecule has 15 heavy (non-hydrogen) atoms. The summed E-state index contributed by atoms with van der Waals surface area (Å²) in [6.07, 6.45) is 0.765. The number of nitrogens with zero attached hydrogens (tertiary/aromatic N) is 1. The molecule has 0 heterocycles. The molecule has 0 spiro atoms. The van der Waals surface area contributed by atoms with Crippen LogP contribution in [0.3, 0.4) is 0 Å². The fourth-order valence-corrected chi connectivity index (χ4v) is 1.56. The SMILES string of the molecule is CCc1cc(C)c(CC(=O)O)cc1C#N. The highest BCUT2D eigenvalue weighted by Crippen LogP contribution is 2.17. The number of hydrogen-bond acceptors (Lipinski definition) is 2. The van der Waals surface area contributed by atoms with Gasteiger partial charge in [-0.3, -0.25) is 4.79 Å². The van der Waals surface area contributed by atoms with E-state index in [4.69, 9.17) is 10.4 Å². The van der Waals surface area contributed by atoms with Gasteiger partial charge in [0.15, 0.2) is 0 Å². The molecule has 0 aliphatic heterocycles. The van der Waals surface area contributed by atoms with E-state index in [1.165, 1.54) is 0 Å². The first-order chi connectivity index (χ1) is 7.08. The lowest BCUT2D eigenvalue weighted by Gasteiger charge is -2.07. The topological polar surface area (TPSA) is 61.1 Å². The van der Waals surface area contributed by atoms with Crippen LogP contribution >= 0.6 is 0 Å². The Hall–Kier alpha value is -1.82. The summed E-state index contributed by atoms with van der Waals surface area (Å²) >= 11 is 0. The fraction of sp³-hybridized carbons (Fsp3) is 0.333. The van der Waals surface area contributed by atoms with Crippen LogP contribution in [0, 0.1) is 18.3 Å². The van der Waals surface area contributed by atoms with Crippen molar-refractivity contribution in [2.45, 2.75) is 26.7 Å². The third-order valence-electron chi connectivity index (χ3n) is 2.40. The number of aliphatic carboxylic acids is 1. The summed E-state index contributed by atoms with van der Waals surface area (Å²) in [6.45, 7) is 3.85. The first-order valence-electron chi connectivity index (χ1n) is 4.82. The second-order valence-corrected chi connectivity index (χ2v) is 3.47. The molecule has 0 atom stereocenters. The van der Waals surface area contributed by atoms with Crippen molar-refractivity contribution >= 4 is 5.97 Å². The van der Waals surface area contributed by atoms with Crippen LogP contribution in [0.25, 0.3) is 0 Å². The van der Waals surface area contributed by atoms with Crippen LogP contribution < -0.4 is 0 Å². The van der Waals surface area contributed by atoms with Crippen LogP contribution in [0.1, 0.15) is 29.2 Å². The molecule has 0 unspecified atom stereocenters. The number of nitriles is 1. The van der Waals surface area contributed by atoms with E-state index in [1.807, 2.05) is 19.9 Å². The minimum absolute atomic E-state index is 0.0233. The minimum Gasteiger partial charge on any atom is -0.481 e. The van der Waals surface area contributed by atoms with Gasteiger partial charge in [0.1, 0.15) is 0 Å². The molecule has 0 bridgehead atoms. The lowest BCUT2D eigenvalue weighted by Crippen LogP contribution is -2.03. The number of carboxylic acids is 1. The summed E-state index contributed by atoms with van der Waals surface area (Å²) in [6, 6.07) is 5.68. The predicted molar refractivity (Wildman–Crippen MR) is 56.6 cm³/mol.